The van der Waals surface area contributed by atoms with Crippen molar-refractivity contribution >= 4 is 17.2 Å². The van der Waals surface area contributed by atoms with Crippen LogP contribution in [0.15, 0.2) is 12.1 Å². The topological polar surface area (TPSA) is 53.0 Å². The lowest BCUT2D eigenvalue weighted by Crippen LogP contribution is -2.47. The number of carbonyl (C=O) groups excluding carboxylic acids is 1. The average Bonchev–Trinajstić information content (AvgIpc) is 2.94. The van der Waals surface area contributed by atoms with Gasteiger partial charge in [0.15, 0.2) is 0 Å². The predicted octanol–water partition coefficient (Wildman–Crippen LogP) is 1.53. The van der Waals surface area contributed by atoms with Crippen molar-refractivity contribution < 1.29 is 14.6 Å². The van der Waals surface area contributed by atoms with Crippen molar-refractivity contribution in [3.63, 3.8) is 0 Å². The van der Waals surface area contributed by atoms with Crippen molar-refractivity contribution in [3.8, 4) is 0 Å². The lowest BCUT2D eigenvalue weighted by atomic mass is 9.89. The zero-order valence-corrected chi connectivity index (χ0v) is 14.4. The largest absolute Gasteiger partial charge is 0.396 e. The van der Waals surface area contributed by atoms with Crippen molar-refractivity contribution in [3.05, 3.63) is 21.9 Å². The minimum Gasteiger partial charge on any atom is -0.396 e. The number of aliphatic hydroxyl groups excluding tert-OH is 1. The predicted molar refractivity (Wildman–Crippen MR) is 88.2 cm³/mol. The zero-order valence-electron chi connectivity index (χ0n) is 13.6. The Balaban J connectivity index is 2.05. The minimum absolute atomic E-state index is 0.0780. The van der Waals surface area contributed by atoms with Crippen LogP contribution in [0.3, 0.4) is 0 Å². The lowest BCUT2D eigenvalue weighted by Gasteiger charge is -2.38. The standard InChI is InChI=1S/C16H26N2O3S/c1-17(2)7-12-6-13(10-19)9-18(8-12)16(20)15-5-4-14(22-15)11-21-3/h4-5,12-13,19H,6-11H2,1-3H3/t12-,13+/m0/s1. The third-order valence-electron chi connectivity index (χ3n) is 3.95. The Morgan fingerprint density at radius 2 is 2.14 bits per heavy atom. The molecule has 0 spiro atoms. The number of methoxy groups -OCH3 is 1. The summed E-state index contributed by atoms with van der Waals surface area (Å²) in [5, 5.41) is 9.52. The molecule has 1 aliphatic rings. The summed E-state index contributed by atoms with van der Waals surface area (Å²) >= 11 is 1.49. The number of thiophene rings is 1. The number of carbonyl (C=O) groups is 1. The molecule has 0 bridgehead atoms. The van der Waals surface area contributed by atoms with Gasteiger partial charge in [-0.25, -0.2) is 0 Å². The summed E-state index contributed by atoms with van der Waals surface area (Å²) in [7, 11) is 5.75. The summed E-state index contributed by atoms with van der Waals surface area (Å²) in [5.41, 5.74) is 0. The molecule has 1 saturated heterocycles. The number of amides is 1. The molecule has 1 aromatic rings. The van der Waals surface area contributed by atoms with Gasteiger partial charge < -0.3 is 19.6 Å². The zero-order chi connectivity index (χ0) is 16.1. The van der Waals surface area contributed by atoms with Crippen LogP contribution in [0.5, 0.6) is 0 Å². The molecule has 0 aliphatic carbocycles. The highest BCUT2D eigenvalue weighted by molar-refractivity contribution is 7.14. The van der Waals surface area contributed by atoms with E-state index in [0.717, 1.165) is 29.3 Å². The maximum atomic E-state index is 12.7. The SMILES string of the molecule is COCc1ccc(C(=O)N2C[C@H](CO)C[C@@H](CN(C)C)C2)s1. The van der Waals surface area contributed by atoms with Gasteiger partial charge in [-0.1, -0.05) is 0 Å². The second-order valence-electron chi connectivity index (χ2n) is 6.32. The quantitative estimate of drug-likeness (QED) is 0.861. The van der Waals surface area contributed by atoms with Gasteiger partial charge in [0, 0.05) is 38.2 Å². The number of likely N-dealkylation sites (tertiary alicyclic amines) is 1. The molecule has 2 rings (SSSR count). The van der Waals surface area contributed by atoms with Crippen molar-refractivity contribution in [2.24, 2.45) is 11.8 Å². The smallest absolute Gasteiger partial charge is 0.263 e. The molecule has 0 aromatic carbocycles. The van der Waals surface area contributed by atoms with Crippen LogP contribution in [0, 0.1) is 11.8 Å². The molecule has 1 N–H and O–H groups in total. The fourth-order valence-corrected chi connectivity index (χ4v) is 4.08. The van der Waals surface area contributed by atoms with Crippen LogP contribution < -0.4 is 0 Å². The van der Waals surface area contributed by atoms with Gasteiger partial charge in [0.2, 0.25) is 0 Å². The first kappa shape index (κ1) is 17.4. The Bertz CT molecular complexity index is 489. The summed E-state index contributed by atoms with van der Waals surface area (Å²) in [4.78, 5) is 18.6. The number of ether oxygens (including phenoxy) is 1. The van der Waals surface area contributed by atoms with Gasteiger partial charge in [-0.15, -0.1) is 11.3 Å². The van der Waals surface area contributed by atoms with E-state index in [2.05, 4.69) is 4.90 Å². The second kappa shape index (κ2) is 8.06. The van der Waals surface area contributed by atoms with Crippen molar-refractivity contribution in [1.82, 2.24) is 9.80 Å². The fourth-order valence-electron chi connectivity index (χ4n) is 3.13. The lowest BCUT2D eigenvalue weighted by molar-refractivity contribution is 0.0482. The molecule has 0 radical (unpaired) electrons. The Labute approximate surface area is 136 Å². The van der Waals surface area contributed by atoms with Gasteiger partial charge in [-0.2, -0.15) is 0 Å². The summed E-state index contributed by atoms with van der Waals surface area (Å²) in [6, 6.07) is 3.83. The number of rotatable bonds is 6. The van der Waals surface area contributed by atoms with E-state index >= 15 is 0 Å². The van der Waals surface area contributed by atoms with Crippen LogP contribution in [-0.2, 0) is 11.3 Å². The number of hydrogen-bond acceptors (Lipinski definition) is 5. The number of piperidine rings is 1. The van der Waals surface area contributed by atoms with Gasteiger partial charge in [0.25, 0.3) is 5.91 Å². The highest BCUT2D eigenvalue weighted by Crippen LogP contribution is 2.26. The molecule has 1 amide bonds. The molecule has 6 heteroatoms. The molecule has 1 aromatic heterocycles. The average molecular weight is 326 g/mol. The first-order valence-electron chi connectivity index (χ1n) is 7.66. The Morgan fingerprint density at radius 3 is 2.77 bits per heavy atom. The Hall–Kier alpha value is -0.950. The van der Waals surface area contributed by atoms with E-state index in [-0.39, 0.29) is 18.4 Å². The summed E-state index contributed by atoms with van der Waals surface area (Å²) in [5.74, 6) is 0.679. The maximum Gasteiger partial charge on any atom is 0.263 e. The molecule has 0 unspecified atom stereocenters. The van der Waals surface area contributed by atoms with E-state index in [0.29, 0.717) is 19.1 Å². The first-order valence-corrected chi connectivity index (χ1v) is 8.47. The molecule has 2 heterocycles. The van der Waals surface area contributed by atoms with Crippen LogP contribution in [0.25, 0.3) is 0 Å². The van der Waals surface area contributed by atoms with Crippen LogP contribution in [0.1, 0.15) is 21.0 Å². The van der Waals surface area contributed by atoms with Crippen molar-refractivity contribution in [2.75, 3.05) is 47.4 Å². The van der Waals surface area contributed by atoms with E-state index < -0.39 is 0 Å². The van der Waals surface area contributed by atoms with Crippen LogP contribution in [-0.4, -0.2) is 68.3 Å². The van der Waals surface area contributed by atoms with Crippen molar-refractivity contribution in [2.45, 2.75) is 13.0 Å². The molecular formula is C16H26N2O3S. The van der Waals surface area contributed by atoms with Crippen LogP contribution >= 0.6 is 11.3 Å². The molecular weight excluding hydrogens is 300 g/mol. The first-order chi connectivity index (χ1) is 10.5. The van der Waals surface area contributed by atoms with Gasteiger partial charge in [-0.3, -0.25) is 4.79 Å². The Morgan fingerprint density at radius 1 is 1.41 bits per heavy atom. The van der Waals surface area contributed by atoms with E-state index in [1.165, 1.54) is 11.3 Å². The number of nitrogens with zero attached hydrogens (tertiary/aromatic N) is 2. The van der Waals surface area contributed by atoms with Crippen molar-refractivity contribution in [1.29, 1.82) is 0 Å². The van der Waals surface area contributed by atoms with Gasteiger partial charge in [-0.05, 0) is 44.5 Å². The number of aliphatic hydroxyl groups is 1. The molecule has 1 aliphatic heterocycles. The van der Waals surface area contributed by atoms with E-state index in [9.17, 15) is 9.90 Å². The van der Waals surface area contributed by atoms with E-state index in [1.54, 1.807) is 7.11 Å². The van der Waals surface area contributed by atoms with Gasteiger partial charge in [0.1, 0.15) is 0 Å². The molecule has 1 fully saturated rings. The van der Waals surface area contributed by atoms with Crippen LogP contribution in [0.4, 0.5) is 0 Å². The van der Waals surface area contributed by atoms with Gasteiger partial charge in [0.05, 0.1) is 11.5 Å². The third-order valence-corrected chi connectivity index (χ3v) is 5.00. The summed E-state index contributed by atoms with van der Waals surface area (Å²) < 4.78 is 5.11. The van der Waals surface area contributed by atoms with E-state index in [4.69, 9.17) is 4.74 Å². The summed E-state index contributed by atoms with van der Waals surface area (Å²) in [6.07, 6.45) is 0.984. The molecule has 22 heavy (non-hydrogen) atoms. The molecule has 5 nitrogen and oxygen atoms in total. The van der Waals surface area contributed by atoms with E-state index in [1.807, 2.05) is 31.1 Å². The molecule has 2 atom stereocenters. The molecule has 124 valence electrons. The van der Waals surface area contributed by atoms with Crippen LogP contribution in [0.2, 0.25) is 0 Å². The normalized spacial score (nSPS) is 22.3. The highest BCUT2D eigenvalue weighted by Gasteiger charge is 2.30. The van der Waals surface area contributed by atoms with Gasteiger partial charge >= 0.3 is 0 Å². The molecule has 0 saturated carbocycles. The fraction of sp³-hybridized carbons (Fsp3) is 0.688. The number of hydrogen-bond donors (Lipinski definition) is 1. The second-order valence-corrected chi connectivity index (χ2v) is 7.49. The highest BCUT2D eigenvalue weighted by atomic mass is 32.1. The summed E-state index contributed by atoms with van der Waals surface area (Å²) in [6.45, 7) is 3.05. The third kappa shape index (κ3) is 4.52. The maximum absolute atomic E-state index is 12.7. The Kier molecular flexibility index (Phi) is 6.37. The minimum atomic E-state index is 0.0780. The monoisotopic (exact) mass is 326 g/mol.